The summed E-state index contributed by atoms with van der Waals surface area (Å²) in [5.74, 6) is 0.336. The van der Waals surface area contributed by atoms with E-state index in [2.05, 4.69) is 9.97 Å². The molecule has 6 nitrogen and oxygen atoms in total. The van der Waals surface area contributed by atoms with Crippen LogP contribution in [0.3, 0.4) is 0 Å². The molecule has 1 aliphatic rings. The topological polar surface area (TPSA) is 81.3 Å². The number of hydrogen-bond donors (Lipinski definition) is 1. The third kappa shape index (κ3) is 3.86. The molecule has 1 aromatic carbocycles. The van der Waals surface area contributed by atoms with Gasteiger partial charge >= 0.3 is 0 Å². The molecule has 2 aromatic rings. The van der Waals surface area contributed by atoms with Crippen LogP contribution in [0.15, 0.2) is 36.7 Å². The Kier molecular flexibility index (Phi) is 5.00. The van der Waals surface area contributed by atoms with Gasteiger partial charge in [0.1, 0.15) is 11.6 Å². The fourth-order valence-corrected chi connectivity index (χ4v) is 2.83. The highest BCUT2D eigenvalue weighted by molar-refractivity contribution is 5.78. The van der Waals surface area contributed by atoms with Crippen molar-refractivity contribution in [1.82, 2.24) is 14.9 Å². The van der Waals surface area contributed by atoms with Crippen molar-refractivity contribution in [3.8, 4) is 11.6 Å². The molecule has 126 valence electrons. The van der Waals surface area contributed by atoms with Gasteiger partial charge in [0.05, 0.1) is 18.4 Å². The summed E-state index contributed by atoms with van der Waals surface area (Å²) in [5.41, 5.74) is 6.20. The van der Waals surface area contributed by atoms with E-state index in [-0.39, 0.29) is 24.2 Å². The van der Waals surface area contributed by atoms with Crippen molar-refractivity contribution in [3.63, 3.8) is 0 Å². The molecule has 0 unspecified atom stereocenters. The molecule has 1 aromatic heterocycles. The average Bonchev–Trinajstić information content (AvgIpc) is 2.61. The number of nitrogens with two attached hydrogens (primary N) is 1. The quantitative estimate of drug-likeness (QED) is 0.928. The predicted molar refractivity (Wildman–Crippen MR) is 86.1 cm³/mol. The molecule has 1 atom stereocenters. The minimum atomic E-state index is -0.375. The van der Waals surface area contributed by atoms with Crippen molar-refractivity contribution in [2.45, 2.75) is 18.8 Å². The first-order valence-corrected chi connectivity index (χ1v) is 7.89. The van der Waals surface area contributed by atoms with Gasteiger partial charge in [-0.3, -0.25) is 9.78 Å². The van der Waals surface area contributed by atoms with Crippen LogP contribution in [0.2, 0.25) is 0 Å². The zero-order valence-corrected chi connectivity index (χ0v) is 13.2. The molecule has 3 rings (SSSR count). The Bertz CT molecular complexity index is 725. The molecule has 0 radical (unpaired) electrons. The number of halogens is 1. The minimum Gasteiger partial charge on any atom is -0.437 e. The van der Waals surface area contributed by atoms with Crippen molar-refractivity contribution < 1.29 is 13.9 Å². The van der Waals surface area contributed by atoms with Gasteiger partial charge in [-0.15, -0.1) is 0 Å². The van der Waals surface area contributed by atoms with Gasteiger partial charge in [0.2, 0.25) is 11.8 Å². The molecule has 1 fully saturated rings. The molecule has 7 heteroatoms. The molecule has 2 heterocycles. The van der Waals surface area contributed by atoms with E-state index in [1.165, 1.54) is 18.3 Å². The van der Waals surface area contributed by atoms with Crippen molar-refractivity contribution in [3.05, 3.63) is 48.2 Å². The van der Waals surface area contributed by atoms with E-state index in [1.807, 2.05) is 0 Å². The van der Waals surface area contributed by atoms with Crippen molar-refractivity contribution in [2.24, 2.45) is 5.73 Å². The second kappa shape index (κ2) is 7.35. The Morgan fingerprint density at radius 2 is 2.29 bits per heavy atom. The van der Waals surface area contributed by atoms with E-state index >= 15 is 0 Å². The molecule has 1 aliphatic heterocycles. The van der Waals surface area contributed by atoms with Gasteiger partial charge < -0.3 is 15.4 Å². The molecule has 0 bridgehead atoms. The fourth-order valence-electron chi connectivity index (χ4n) is 2.83. The highest BCUT2D eigenvalue weighted by Crippen LogP contribution is 2.27. The summed E-state index contributed by atoms with van der Waals surface area (Å²) >= 11 is 0. The standard InChI is InChI=1S/C17H19FN4O2/c18-13-4-1-5-14(7-13)24-16-10-20-9-15(21-16)12-3-2-6-22(11-12)17(23)8-19/h1,4-5,7,9-10,12H,2-3,6,8,11,19H2/t12-/m1/s1. The molecular weight excluding hydrogens is 311 g/mol. The van der Waals surface area contributed by atoms with Crippen LogP contribution in [0, 0.1) is 5.82 Å². The summed E-state index contributed by atoms with van der Waals surface area (Å²) in [6, 6.07) is 5.86. The summed E-state index contributed by atoms with van der Waals surface area (Å²) < 4.78 is 18.8. The van der Waals surface area contributed by atoms with Gasteiger partial charge in [0, 0.05) is 31.3 Å². The van der Waals surface area contributed by atoms with Crippen LogP contribution >= 0.6 is 0 Å². The summed E-state index contributed by atoms with van der Waals surface area (Å²) in [5, 5.41) is 0. The Balaban J connectivity index is 1.74. The van der Waals surface area contributed by atoms with E-state index in [9.17, 15) is 9.18 Å². The SMILES string of the molecule is NCC(=O)N1CCC[C@@H](c2cncc(Oc3cccc(F)c3)n2)C1. The van der Waals surface area contributed by atoms with E-state index in [0.29, 0.717) is 18.2 Å². The number of benzene rings is 1. The lowest BCUT2D eigenvalue weighted by atomic mass is 9.95. The van der Waals surface area contributed by atoms with Crippen LogP contribution in [-0.4, -0.2) is 40.4 Å². The van der Waals surface area contributed by atoms with Crippen LogP contribution < -0.4 is 10.5 Å². The lowest BCUT2D eigenvalue weighted by molar-refractivity contribution is -0.130. The number of amides is 1. The Labute approximate surface area is 139 Å². The molecule has 1 amide bonds. The first kappa shape index (κ1) is 16.3. The maximum atomic E-state index is 13.2. The van der Waals surface area contributed by atoms with Gasteiger partial charge in [-0.1, -0.05) is 6.07 Å². The lowest BCUT2D eigenvalue weighted by Crippen LogP contribution is -2.42. The van der Waals surface area contributed by atoms with Gasteiger partial charge in [-0.2, -0.15) is 0 Å². The van der Waals surface area contributed by atoms with E-state index < -0.39 is 0 Å². The van der Waals surface area contributed by atoms with E-state index in [4.69, 9.17) is 10.5 Å². The number of aromatic nitrogens is 2. The average molecular weight is 330 g/mol. The van der Waals surface area contributed by atoms with Gasteiger partial charge in [0.15, 0.2) is 0 Å². The zero-order valence-electron chi connectivity index (χ0n) is 13.2. The Morgan fingerprint density at radius 1 is 1.42 bits per heavy atom. The number of ether oxygens (including phenoxy) is 1. The second-order valence-electron chi connectivity index (χ2n) is 5.72. The van der Waals surface area contributed by atoms with Gasteiger partial charge in [-0.05, 0) is 25.0 Å². The molecule has 24 heavy (non-hydrogen) atoms. The summed E-state index contributed by atoms with van der Waals surface area (Å²) in [4.78, 5) is 22.2. The summed E-state index contributed by atoms with van der Waals surface area (Å²) in [6.45, 7) is 1.31. The van der Waals surface area contributed by atoms with Crippen LogP contribution in [0.1, 0.15) is 24.5 Å². The highest BCUT2D eigenvalue weighted by Gasteiger charge is 2.25. The fraction of sp³-hybridized carbons (Fsp3) is 0.353. The van der Waals surface area contributed by atoms with E-state index in [1.54, 1.807) is 23.2 Å². The monoisotopic (exact) mass is 330 g/mol. The first-order valence-electron chi connectivity index (χ1n) is 7.89. The van der Waals surface area contributed by atoms with Crippen LogP contribution in [0.5, 0.6) is 11.6 Å². The van der Waals surface area contributed by atoms with Crippen molar-refractivity contribution >= 4 is 5.91 Å². The van der Waals surface area contributed by atoms with Crippen molar-refractivity contribution in [2.75, 3.05) is 19.6 Å². The third-order valence-electron chi connectivity index (χ3n) is 4.02. The number of carbonyl (C=O) groups is 1. The van der Waals surface area contributed by atoms with Gasteiger partial charge in [-0.25, -0.2) is 9.37 Å². The molecule has 0 saturated carbocycles. The molecule has 2 N–H and O–H groups in total. The maximum absolute atomic E-state index is 13.2. The third-order valence-corrected chi connectivity index (χ3v) is 4.02. The maximum Gasteiger partial charge on any atom is 0.238 e. The molecule has 0 aliphatic carbocycles. The molecule has 0 spiro atoms. The van der Waals surface area contributed by atoms with E-state index in [0.717, 1.165) is 25.1 Å². The second-order valence-corrected chi connectivity index (χ2v) is 5.72. The Hall–Kier alpha value is -2.54. The number of rotatable bonds is 4. The predicted octanol–water partition coefficient (Wildman–Crippen LogP) is 2.07. The number of likely N-dealkylation sites (tertiary alicyclic amines) is 1. The van der Waals surface area contributed by atoms with Crippen LogP contribution in [-0.2, 0) is 4.79 Å². The van der Waals surface area contributed by atoms with Gasteiger partial charge in [0.25, 0.3) is 0 Å². The molecule has 1 saturated heterocycles. The first-order chi connectivity index (χ1) is 11.7. The highest BCUT2D eigenvalue weighted by atomic mass is 19.1. The normalized spacial score (nSPS) is 17.6. The molecular formula is C17H19FN4O2. The number of carbonyl (C=O) groups excluding carboxylic acids is 1. The van der Waals surface area contributed by atoms with Crippen LogP contribution in [0.4, 0.5) is 4.39 Å². The zero-order chi connectivity index (χ0) is 16.9. The largest absolute Gasteiger partial charge is 0.437 e. The van der Waals surface area contributed by atoms with Crippen LogP contribution in [0.25, 0.3) is 0 Å². The smallest absolute Gasteiger partial charge is 0.238 e. The number of nitrogens with zero attached hydrogens (tertiary/aromatic N) is 3. The number of piperidine rings is 1. The van der Waals surface area contributed by atoms with Crippen molar-refractivity contribution in [1.29, 1.82) is 0 Å². The number of hydrogen-bond acceptors (Lipinski definition) is 5. The summed E-state index contributed by atoms with van der Waals surface area (Å²) in [6.07, 6.45) is 4.99. The lowest BCUT2D eigenvalue weighted by Gasteiger charge is -2.32. The summed E-state index contributed by atoms with van der Waals surface area (Å²) in [7, 11) is 0. The minimum absolute atomic E-state index is 0.0150. The Morgan fingerprint density at radius 3 is 3.08 bits per heavy atom.